The molecule has 0 saturated carbocycles. The predicted molar refractivity (Wildman–Crippen MR) is 287 cm³/mol. The van der Waals surface area contributed by atoms with Gasteiger partial charge in [0.15, 0.2) is 0 Å². The lowest BCUT2D eigenvalue weighted by Gasteiger charge is -2.36. The zero-order valence-corrected chi connectivity index (χ0v) is 37.9. The fourth-order valence-electron chi connectivity index (χ4n) is 12.2. The van der Waals surface area contributed by atoms with E-state index >= 15 is 0 Å². The van der Waals surface area contributed by atoms with Crippen molar-refractivity contribution in [1.29, 1.82) is 0 Å². The van der Waals surface area contributed by atoms with Crippen molar-refractivity contribution in [3.8, 4) is 78.3 Å². The molecule has 1 unspecified atom stereocenters. The lowest BCUT2D eigenvalue weighted by molar-refractivity contribution is 0.488. The average Bonchev–Trinajstić information content (AvgIpc) is 3.87. The first-order valence-electron chi connectivity index (χ1n) is 24.1. The highest BCUT2D eigenvalue weighted by Gasteiger charge is 2.51. The Balaban J connectivity index is 1.01. The molecule has 0 fully saturated rings. The molecule has 11 aromatic carbocycles. The normalized spacial score (nSPS) is 14.5. The maximum absolute atomic E-state index is 6.91. The van der Waals surface area contributed by atoms with Gasteiger partial charge in [-0.05, 0) is 127 Å². The van der Waals surface area contributed by atoms with Gasteiger partial charge in [0.1, 0.15) is 22.7 Å². The van der Waals surface area contributed by atoms with Crippen molar-refractivity contribution < 1.29 is 9.15 Å². The van der Waals surface area contributed by atoms with Crippen molar-refractivity contribution in [3.63, 3.8) is 0 Å². The molecule has 1 spiro atoms. The molecule has 2 aliphatic carbocycles. The van der Waals surface area contributed by atoms with Gasteiger partial charge in [0.05, 0.1) is 5.41 Å². The Bertz CT molecular complexity index is 4110. The van der Waals surface area contributed by atoms with Crippen LogP contribution in [0.3, 0.4) is 0 Å². The SMILES string of the molecule is c1ccc(-c2ccc(N(c3ccc4c(c3)-c3ccccc3Oc3ccccc3-4)c3ccc4c(c3)-c3ccccc3-c3ccccc3C43c4ccccc4-c4c3ccc3c4oc4ccccc43)cc2)cc1. The van der Waals surface area contributed by atoms with Crippen molar-refractivity contribution in [3.05, 3.63) is 271 Å². The van der Waals surface area contributed by atoms with E-state index < -0.39 is 5.41 Å². The number of hydrogen-bond acceptors (Lipinski definition) is 3. The highest BCUT2D eigenvalue weighted by atomic mass is 16.5. The summed E-state index contributed by atoms with van der Waals surface area (Å²) >= 11 is 0. The zero-order valence-electron chi connectivity index (χ0n) is 37.9. The summed E-state index contributed by atoms with van der Waals surface area (Å²) in [6.45, 7) is 0. The Hall–Kier alpha value is -9.18. The largest absolute Gasteiger partial charge is 0.456 e. The number of furan rings is 1. The number of nitrogens with zero attached hydrogens (tertiary/aromatic N) is 1. The highest BCUT2D eigenvalue weighted by Crippen LogP contribution is 2.63. The monoisotopic (exact) mass is 891 g/mol. The van der Waals surface area contributed by atoms with Gasteiger partial charge in [0, 0.05) is 44.5 Å². The van der Waals surface area contributed by atoms with Crippen molar-refractivity contribution in [2.75, 3.05) is 4.90 Å². The van der Waals surface area contributed by atoms with Crippen molar-refractivity contribution >= 4 is 39.0 Å². The summed E-state index contributed by atoms with van der Waals surface area (Å²) in [6, 6.07) is 90.7. The quantitative estimate of drug-likeness (QED) is 0.176. The molecule has 1 aliphatic heterocycles. The van der Waals surface area contributed by atoms with Crippen molar-refractivity contribution in [2.24, 2.45) is 0 Å². The molecule has 0 N–H and O–H groups in total. The van der Waals surface area contributed by atoms with Crippen LogP contribution in [0, 0.1) is 0 Å². The van der Waals surface area contributed by atoms with Gasteiger partial charge in [-0.25, -0.2) is 0 Å². The van der Waals surface area contributed by atoms with Crippen LogP contribution in [-0.4, -0.2) is 0 Å². The molecule has 0 bridgehead atoms. The third kappa shape index (κ3) is 5.46. The van der Waals surface area contributed by atoms with Gasteiger partial charge in [-0.15, -0.1) is 0 Å². The summed E-state index contributed by atoms with van der Waals surface area (Å²) in [5.74, 6) is 1.69. The van der Waals surface area contributed by atoms with Crippen LogP contribution in [0.25, 0.3) is 88.7 Å². The number of para-hydroxylation sites is 3. The molecular formula is C67H41NO2. The summed E-state index contributed by atoms with van der Waals surface area (Å²) in [5, 5.41) is 2.27. The highest BCUT2D eigenvalue weighted by molar-refractivity contribution is 6.13. The number of rotatable bonds is 4. The number of fused-ring (bicyclic) bond motifs is 21. The van der Waals surface area contributed by atoms with E-state index in [4.69, 9.17) is 9.15 Å². The van der Waals surface area contributed by atoms with Crippen LogP contribution >= 0.6 is 0 Å². The predicted octanol–water partition coefficient (Wildman–Crippen LogP) is 18.2. The molecule has 0 radical (unpaired) electrons. The molecule has 12 aromatic rings. The number of anilines is 3. The maximum Gasteiger partial charge on any atom is 0.143 e. The van der Waals surface area contributed by atoms with E-state index in [0.717, 1.165) is 78.3 Å². The molecular weight excluding hydrogens is 851 g/mol. The van der Waals surface area contributed by atoms with E-state index in [0.29, 0.717) is 0 Å². The molecule has 15 rings (SSSR count). The smallest absolute Gasteiger partial charge is 0.143 e. The van der Waals surface area contributed by atoms with Gasteiger partial charge < -0.3 is 14.1 Å². The molecule has 2 heterocycles. The molecule has 1 atom stereocenters. The molecule has 3 aliphatic rings. The van der Waals surface area contributed by atoms with Crippen LogP contribution in [0.4, 0.5) is 17.1 Å². The summed E-state index contributed by atoms with van der Waals surface area (Å²) in [5.41, 5.74) is 23.2. The van der Waals surface area contributed by atoms with E-state index in [2.05, 4.69) is 248 Å². The third-order valence-electron chi connectivity index (χ3n) is 15.1. The number of hydrogen-bond donors (Lipinski definition) is 0. The van der Waals surface area contributed by atoms with Gasteiger partial charge in [0.2, 0.25) is 0 Å². The summed E-state index contributed by atoms with van der Waals surface area (Å²) in [6.07, 6.45) is 0. The summed E-state index contributed by atoms with van der Waals surface area (Å²) < 4.78 is 13.6. The van der Waals surface area contributed by atoms with Crippen molar-refractivity contribution in [2.45, 2.75) is 5.41 Å². The van der Waals surface area contributed by atoms with Gasteiger partial charge in [-0.1, -0.05) is 194 Å². The zero-order chi connectivity index (χ0) is 45.9. The average molecular weight is 892 g/mol. The molecule has 0 amide bonds. The van der Waals surface area contributed by atoms with Gasteiger partial charge in [-0.3, -0.25) is 0 Å². The Labute approximate surface area is 405 Å². The molecule has 1 aromatic heterocycles. The van der Waals surface area contributed by atoms with Crippen LogP contribution in [0.15, 0.2) is 253 Å². The Morgan fingerprint density at radius 2 is 0.800 bits per heavy atom. The molecule has 70 heavy (non-hydrogen) atoms. The fraction of sp³-hybridized carbons (Fsp3) is 0.0149. The number of benzene rings is 11. The number of ether oxygens (including phenoxy) is 1. The van der Waals surface area contributed by atoms with E-state index in [1.807, 2.05) is 6.07 Å². The second kappa shape index (κ2) is 14.9. The van der Waals surface area contributed by atoms with Crippen LogP contribution in [0.1, 0.15) is 22.3 Å². The second-order valence-corrected chi connectivity index (χ2v) is 18.7. The van der Waals surface area contributed by atoms with Gasteiger partial charge in [0.25, 0.3) is 0 Å². The molecule has 0 saturated heterocycles. The lowest BCUT2D eigenvalue weighted by Crippen LogP contribution is -2.29. The Kier molecular flexibility index (Phi) is 8.28. The van der Waals surface area contributed by atoms with Crippen LogP contribution in [0.2, 0.25) is 0 Å². The minimum Gasteiger partial charge on any atom is -0.456 e. The summed E-state index contributed by atoms with van der Waals surface area (Å²) in [4.78, 5) is 2.43. The van der Waals surface area contributed by atoms with E-state index in [1.54, 1.807) is 0 Å². The maximum atomic E-state index is 6.91. The summed E-state index contributed by atoms with van der Waals surface area (Å²) in [7, 11) is 0. The lowest BCUT2D eigenvalue weighted by atomic mass is 9.66. The fourth-order valence-corrected chi connectivity index (χ4v) is 12.2. The minimum absolute atomic E-state index is 0.675. The van der Waals surface area contributed by atoms with E-state index in [1.165, 1.54) is 61.2 Å². The van der Waals surface area contributed by atoms with Crippen molar-refractivity contribution in [1.82, 2.24) is 0 Å². The first-order chi connectivity index (χ1) is 34.7. The Morgan fingerprint density at radius 1 is 0.300 bits per heavy atom. The Morgan fingerprint density at radius 3 is 1.56 bits per heavy atom. The molecule has 3 heteroatoms. The first-order valence-corrected chi connectivity index (χ1v) is 24.1. The van der Waals surface area contributed by atoms with E-state index in [-0.39, 0.29) is 0 Å². The van der Waals surface area contributed by atoms with E-state index in [9.17, 15) is 0 Å². The first kappa shape index (κ1) is 38.9. The second-order valence-electron chi connectivity index (χ2n) is 18.7. The van der Waals surface area contributed by atoms with Crippen LogP contribution in [0.5, 0.6) is 11.5 Å². The molecule has 326 valence electrons. The minimum atomic E-state index is -0.675. The molecule has 3 nitrogen and oxygen atoms in total. The standard InChI is InChI=1S/C67H41NO2/c1-2-16-42(17-3-1)43-30-32-44(33-31-43)68(45-34-36-49-51-21-8-13-27-62(51)69-63-28-14-10-23-53(63)56(49)40-45)46-35-38-60-57(41-46)48-19-5-4-18-47(48)50-20-6-11-25-58(50)67(60)59-26-12-7-24-55(59)65-61(67)39-37-54-52-22-9-15-29-64(52)70-66(54)65/h1-41H. The van der Waals surface area contributed by atoms with Gasteiger partial charge in [-0.2, -0.15) is 0 Å². The topological polar surface area (TPSA) is 25.6 Å². The van der Waals surface area contributed by atoms with Crippen LogP contribution in [-0.2, 0) is 5.41 Å². The van der Waals surface area contributed by atoms with Gasteiger partial charge >= 0.3 is 0 Å². The van der Waals surface area contributed by atoms with Crippen LogP contribution < -0.4 is 9.64 Å². The third-order valence-corrected chi connectivity index (χ3v) is 15.1.